The number of rotatable bonds is 40. The van der Waals surface area contributed by atoms with E-state index in [1.54, 1.807) is 0 Å². The first-order chi connectivity index (χ1) is 25.5. The molecule has 4 atom stereocenters. The summed E-state index contributed by atoms with van der Waals surface area (Å²) in [7, 11) is 0. The molecule has 306 valence electrons. The maximum atomic E-state index is 12.5. The second-order valence-electron chi connectivity index (χ2n) is 15.4. The Morgan fingerprint density at radius 3 is 1.37 bits per heavy atom. The monoisotopic (exact) mass is 734 g/mol. The van der Waals surface area contributed by atoms with Gasteiger partial charge in [-0.05, 0) is 64.2 Å². The van der Waals surface area contributed by atoms with Gasteiger partial charge in [0, 0.05) is 0 Å². The van der Waals surface area contributed by atoms with Gasteiger partial charge in [0.1, 0.15) is 12.2 Å². The molecule has 0 aromatic heterocycles. The Labute approximate surface area is 322 Å². The predicted molar refractivity (Wildman–Crippen MR) is 224 cm³/mol. The van der Waals surface area contributed by atoms with Crippen LogP contribution in [-0.2, 0) is 4.79 Å². The summed E-state index contributed by atoms with van der Waals surface area (Å²) in [5.74, 6) is -0.594. The quantitative estimate of drug-likeness (QED) is 0.0318. The molecule has 6 heteroatoms. The Kier molecular flexibility index (Phi) is 39.6. The minimum atomic E-state index is -1.28. The maximum Gasteiger partial charge on any atom is 0.249 e. The molecule has 0 rings (SSSR count). The summed E-state index contributed by atoms with van der Waals surface area (Å²) in [6, 6.07) is -1.00. The normalized spacial score (nSPS) is 14.5. The van der Waals surface area contributed by atoms with E-state index in [0.717, 1.165) is 51.4 Å². The Morgan fingerprint density at radius 1 is 0.500 bits per heavy atom. The third-order valence-electron chi connectivity index (χ3n) is 10.3. The molecule has 6 nitrogen and oxygen atoms in total. The van der Waals surface area contributed by atoms with Crippen LogP contribution < -0.4 is 5.32 Å². The molecule has 4 unspecified atom stereocenters. The lowest BCUT2D eigenvalue weighted by molar-refractivity contribution is -0.132. The van der Waals surface area contributed by atoms with Gasteiger partial charge in [0.25, 0.3) is 0 Å². The topological polar surface area (TPSA) is 110 Å². The van der Waals surface area contributed by atoms with Gasteiger partial charge in [-0.3, -0.25) is 4.79 Å². The summed E-state index contributed by atoms with van der Waals surface area (Å²) in [6.45, 7) is 3.94. The molecule has 0 radical (unpaired) electrons. The molecule has 0 saturated heterocycles. The van der Waals surface area contributed by atoms with Gasteiger partial charge in [-0.1, -0.05) is 192 Å². The number of carbonyl (C=O) groups is 1. The largest absolute Gasteiger partial charge is 0.394 e. The number of hydrogen-bond donors (Lipinski definition) is 5. The summed E-state index contributed by atoms with van der Waals surface area (Å²) in [5.41, 5.74) is 0. The molecule has 0 heterocycles. The van der Waals surface area contributed by atoms with Crippen molar-refractivity contribution in [2.24, 2.45) is 0 Å². The van der Waals surface area contributed by atoms with Gasteiger partial charge in [-0.15, -0.1) is 0 Å². The fraction of sp³-hybridized carbons (Fsp3) is 0.848. The van der Waals surface area contributed by atoms with Crippen LogP contribution in [0.3, 0.4) is 0 Å². The maximum absolute atomic E-state index is 12.5. The fourth-order valence-electron chi connectivity index (χ4n) is 6.79. The second-order valence-corrected chi connectivity index (χ2v) is 15.4. The smallest absolute Gasteiger partial charge is 0.249 e. The first-order valence-electron chi connectivity index (χ1n) is 22.4. The van der Waals surface area contributed by atoms with Crippen molar-refractivity contribution in [2.75, 3.05) is 6.61 Å². The highest BCUT2D eigenvalue weighted by atomic mass is 16.3. The molecule has 1 amide bonds. The number of amides is 1. The van der Waals surface area contributed by atoms with Crippen molar-refractivity contribution in [3.05, 3.63) is 36.5 Å². The van der Waals surface area contributed by atoms with E-state index >= 15 is 0 Å². The SMILES string of the molecule is CC/C=C\C/C=C\CCCCCCCCCCCCCCCC(O)C(=O)NC(CO)C(O)C(O)CCC/C=C/CCCCCCCCCCCCC. The van der Waals surface area contributed by atoms with Gasteiger partial charge in [-0.25, -0.2) is 0 Å². The molecule has 0 aromatic rings. The van der Waals surface area contributed by atoms with Crippen LogP contribution in [0, 0.1) is 0 Å². The Balaban J connectivity index is 3.75. The van der Waals surface area contributed by atoms with E-state index in [4.69, 9.17) is 0 Å². The predicted octanol–water partition coefficient (Wildman–Crippen LogP) is 11.7. The highest BCUT2D eigenvalue weighted by Gasteiger charge is 2.28. The van der Waals surface area contributed by atoms with Crippen molar-refractivity contribution in [3.63, 3.8) is 0 Å². The lowest BCUT2D eigenvalue weighted by Gasteiger charge is -2.27. The third-order valence-corrected chi connectivity index (χ3v) is 10.3. The zero-order valence-corrected chi connectivity index (χ0v) is 34.3. The van der Waals surface area contributed by atoms with Crippen LogP contribution in [0.4, 0.5) is 0 Å². The molecule has 0 spiro atoms. The Bertz CT molecular complexity index is 828. The van der Waals surface area contributed by atoms with E-state index in [1.165, 1.54) is 141 Å². The molecular formula is C46H87NO5. The first kappa shape index (κ1) is 50.5. The van der Waals surface area contributed by atoms with Gasteiger partial charge in [0.2, 0.25) is 5.91 Å². The molecule has 0 aromatic carbocycles. The lowest BCUT2D eigenvalue weighted by atomic mass is 10.00. The van der Waals surface area contributed by atoms with Crippen LogP contribution in [-0.4, -0.2) is 57.3 Å². The first-order valence-corrected chi connectivity index (χ1v) is 22.4. The summed E-state index contributed by atoms with van der Waals surface area (Å²) >= 11 is 0. The Hall–Kier alpha value is -1.47. The number of aliphatic hydroxyl groups is 4. The van der Waals surface area contributed by atoms with Crippen molar-refractivity contribution < 1.29 is 25.2 Å². The van der Waals surface area contributed by atoms with Gasteiger partial charge in [0.15, 0.2) is 0 Å². The van der Waals surface area contributed by atoms with Crippen molar-refractivity contribution >= 4 is 5.91 Å². The fourth-order valence-corrected chi connectivity index (χ4v) is 6.79. The second kappa shape index (κ2) is 40.7. The minimum absolute atomic E-state index is 0.362. The van der Waals surface area contributed by atoms with Crippen LogP contribution in [0.5, 0.6) is 0 Å². The molecule has 0 aliphatic carbocycles. The zero-order valence-electron chi connectivity index (χ0n) is 34.3. The van der Waals surface area contributed by atoms with E-state index < -0.39 is 36.9 Å². The number of allylic oxidation sites excluding steroid dienone is 6. The van der Waals surface area contributed by atoms with Gasteiger partial charge in [-0.2, -0.15) is 0 Å². The standard InChI is InChI=1S/C46H87NO5/c1-3-5-7-9-11-13-15-17-19-21-22-23-24-26-28-30-32-34-36-38-40-44(50)46(52)47-42(41-48)45(51)43(49)39-37-35-33-31-29-27-25-20-18-16-14-12-10-8-6-4-2/h5,7,11,13,31,33,42-45,48-51H,3-4,6,8-10,12,14-30,32,34-41H2,1-2H3,(H,47,52)/b7-5-,13-11-,33-31+. The van der Waals surface area contributed by atoms with Crippen LogP contribution in [0.1, 0.15) is 219 Å². The van der Waals surface area contributed by atoms with E-state index in [-0.39, 0.29) is 0 Å². The number of hydrogen-bond acceptors (Lipinski definition) is 5. The van der Waals surface area contributed by atoms with Crippen LogP contribution >= 0.6 is 0 Å². The van der Waals surface area contributed by atoms with E-state index in [9.17, 15) is 25.2 Å². The molecular weight excluding hydrogens is 647 g/mol. The van der Waals surface area contributed by atoms with Crippen molar-refractivity contribution in [2.45, 2.75) is 244 Å². The number of unbranched alkanes of at least 4 members (excludes halogenated alkanes) is 25. The zero-order chi connectivity index (χ0) is 38.2. The van der Waals surface area contributed by atoms with Gasteiger partial charge in [0.05, 0.1) is 18.8 Å². The number of nitrogens with one attached hydrogen (secondary N) is 1. The number of aliphatic hydroxyl groups excluding tert-OH is 4. The van der Waals surface area contributed by atoms with Crippen LogP contribution in [0.15, 0.2) is 36.5 Å². The summed E-state index contributed by atoms with van der Waals surface area (Å²) in [6.07, 6.45) is 47.5. The lowest BCUT2D eigenvalue weighted by Crippen LogP contribution is -2.53. The molecule has 52 heavy (non-hydrogen) atoms. The van der Waals surface area contributed by atoms with E-state index in [1.807, 2.05) is 0 Å². The average Bonchev–Trinajstić information content (AvgIpc) is 3.15. The molecule has 0 saturated carbocycles. The Morgan fingerprint density at radius 2 is 0.904 bits per heavy atom. The highest BCUT2D eigenvalue weighted by molar-refractivity contribution is 5.80. The van der Waals surface area contributed by atoms with E-state index in [0.29, 0.717) is 12.8 Å². The average molecular weight is 734 g/mol. The van der Waals surface area contributed by atoms with Crippen molar-refractivity contribution in [1.29, 1.82) is 0 Å². The third kappa shape index (κ3) is 34.3. The molecule has 0 fully saturated rings. The molecule has 5 N–H and O–H groups in total. The van der Waals surface area contributed by atoms with Gasteiger partial charge < -0.3 is 25.7 Å². The van der Waals surface area contributed by atoms with Crippen LogP contribution in [0.2, 0.25) is 0 Å². The van der Waals surface area contributed by atoms with Crippen molar-refractivity contribution in [3.8, 4) is 0 Å². The summed E-state index contributed by atoms with van der Waals surface area (Å²) < 4.78 is 0. The molecule has 0 aliphatic heterocycles. The molecule has 0 bridgehead atoms. The van der Waals surface area contributed by atoms with Gasteiger partial charge >= 0.3 is 0 Å². The molecule has 0 aliphatic rings. The summed E-state index contributed by atoms with van der Waals surface area (Å²) in [4.78, 5) is 12.5. The summed E-state index contributed by atoms with van der Waals surface area (Å²) in [5, 5.41) is 43.7. The number of carbonyl (C=O) groups excluding carboxylic acids is 1. The van der Waals surface area contributed by atoms with E-state index in [2.05, 4.69) is 55.6 Å². The minimum Gasteiger partial charge on any atom is -0.394 e. The van der Waals surface area contributed by atoms with Crippen LogP contribution in [0.25, 0.3) is 0 Å². The highest BCUT2D eigenvalue weighted by Crippen LogP contribution is 2.16. The van der Waals surface area contributed by atoms with Crippen molar-refractivity contribution in [1.82, 2.24) is 5.32 Å².